The van der Waals surface area contributed by atoms with E-state index in [-0.39, 0.29) is 12.1 Å². The van der Waals surface area contributed by atoms with E-state index in [0.717, 1.165) is 54.8 Å². The molecule has 0 bridgehead atoms. The lowest BCUT2D eigenvalue weighted by Crippen LogP contribution is -2.51. The van der Waals surface area contributed by atoms with Crippen molar-refractivity contribution in [2.75, 3.05) is 0 Å². The molecule has 4 aliphatic rings. The Labute approximate surface area is 281 Å². The van der Waals surface area contributed by atoms with Crippen molar-refractivity contribution < 1.29 is 9.53 Å². The van der Waals surface area contributed by atoms with Crippen molar-refractivity contribution in [3.05, 3.63) is 11.6 Å². The number of allylic oxidation sites excluding steroid dienone is 1. The molecule has 2 nitrogen and oxygen atoms in total. The lowest BCUT2D eigenvalue weighted by molar-refractivity contribution is -0.151. The zero-order valence-corrected chi connectivity index (χ0v) is 31.1. The minimum absolute atomic E-state index is 0.0638. The molecule has 4 rings (SSSR count). The average Bonchev–Trinajstić information content (AvgIpc) is 3.37. The van der Waals surface area contributed by atoms with Crippen LogP contribution in [0.1, 0.15) is 202 Å². The molecule has 0 aromatic heterocycles. The van der Waals surface area contributed by atoms with Crippen LogP contribution in [-0.4, -0.2) is 12.1 Å². The van der Waals surface area contributed by atoms with Gasteiger partial charge in [-0.25, -0.2) is 0 Å². The molecule has 0 unspecified atom stereocenters. The number of hydrogen-bond acceptors (Lipinski definition) is 2. The van der Waals surface area contributed by atoms with Gasteiger partial charge in [-0.05, 0) is 97.7 Å². The van der Waals surface area contributed by atoms with E-state index in [2.05, 4.69) is 47.6 Å². The first-order valence-electron chi connectivity index (χ1n) is 20.6. The minimum atomic E-state index is 0.0638. The van der Waals surface area contributed by atoms with Crippen molar-refractivity contribution in [2.24, 2.45) is 46.3 Å². The highest BCUT2D eigenvalue weighted by Crippen LogP contribution is 2.67. The van der Waals surface area contributed by atoms with Crippen LogP contribution in [0.4, 0.5) is 0 Å². The van der Waals surface area contributed by atoms with Gasteiger partial charge in [-0.2, -0.15) is 0 Å². The third kappa shape index (κ3) is 9.87. The van der Waals surface area contributed by atoms with Crippen LogP contribution in [0.3, 0.4) is 0 Å². The molecule has 0 N–H and O–H groups in total. The van der Waals surface area contributed by atoms with Gasteiger partial charge in [0.05, 0.1) is 0 Å². The zero-order valence-electron chi connectivity index (χ0n) is 31.1. The summed E-state index contributed by atoms with van der Waals surface area (Å²) in [6.07, 6.45) is 35.4. The van der Waals surface area contributed by atoms with E-state index in [0.29, 0.717) is 17.3 Å². The lowest BCUT2D eigenvalue weighted by Gasteiger charge is -2.58. The van der Waals surface area contributed by atoms with Crippen molar-refractivity contribution in [1.82, 2.24) is 0 Å². The van der Waals surface area contributed by atoms with Gasteiger partial charge in [0, 0.05) is 12.8 Å². The Morgan fingerprint density at radius 1 is 0.778 bits per heavy atom. The molecule has 8 atom stereocenters. The van der Waals surface area contributed by atoms with E-state index < -0.39 is 0 Å². The molecule has 45 heavy (non-hydrogen) atoms. The van der Waals surface area contributed by atoms with Crippen molar-refractivity contribution in [3.8, 4) is 0 Å². The molecule has 0 aromatic rings. The number of esters is 1. The molecule has 0 aliphatic heterocycles. The summed E-state index contributed by atoms with van der Waals surface area (Å²) in [4.78, 5) is 12.8. The van der Waals surface area contributed by atoms with E-state index in [1.165, 1.54) is 135 Å². The molecule has 2 heteroatoms. The Hall–Kier alpha value is -0.790. The van der Waals surface area contributed by atoms with Crippen molar-refractivity contribution >= 4 is 5.97 Å². The van der Waals surface area contributed by atoms with Gasteiger partial charge in [-0.1, -0.05) is 150 Å². The summed E-state index contributed by atoms with van der Waals surface area (Å²) < 4.78 is 6.12. The van der Waals surface area contributed by atoms with Crippen LogP contribution < -0.4 is 0 Å². The predicted molar refractivity (Wildman–Crippen MR) is 193 cm³/mol. The van der Waals surface area contributed by atoms with Gasteiger partial charge >= 0.3 is 5.97 Å². The molecule has 260 valence electrons. The second-order valence-corrected chi connectivity index (χ2v) is 17.6. The highest BCUT2D eigenvalue weighted by Gasteiger charge is 2.59. The maximum absolute atomic E-state index is 12.8. The molecule has 3 fully saturated rings. The number of fused-ring (bicyclic) bond motifs is 5. The van der Waals surface area contributed by atoms with Gasteiger partial charge in [0.2, 0.25) is 0 Å². The molecule has 0 aromatic carbocycles. The Kier molecular flexibility index (Phi) is 14.9. The summed E-state index contributed by atoms with van der Waals surface area (Å²) in [6.45, 7) is 14.9. The third-order valence-electron chi connectivity index (χ3n) is 14.0. The normalized spacial score (nSPS) is 33.3. The van der Waals surface area contributed by atoms with Crippen molar-refractivity contribution in [1.29, 1.82) is 0 Å². The van der Waals surface area contributed by atoms with Gasteiger partial charge < -0.3 is 4.74 Å². The Morgan fingerprint density at radius 2 is 1.42 bits per heavy atom. The first kappa shape index (κ1) is 37.0. The van der Waals surface area contributed by atoms with Crippen LogP contribution >= 0.6 is 0 Å². The summed E-state index contributed by atoms with van der Waals surface area (Å²) in [6, 6.07) is 0. The topological polar surface area (TPSA) is 26.3 Å². The quantitative estimate of drug-likeness (QED) is 0.0582. The summed E-state index contributed by atoms with van der Waals surface area (Å²) in [5, 5.41) is 0. The highest BCUT2D eigenvalue weighted by molar-refractivity contribution is 5.69. The Morgan fingerprint density at radius 3 is 2.07 bits per heavy atom. The maximum Gasteiger partial charge on any atom is 0.306 e. The first-order valence-corrected chi connectivity index (χ1v) is 20.6. The molecular formula is C43H76O2. The molecule has 0 heterocycles. The zero-order chi connectivity index (χ0) is 32.3. The summed E-state index contributed by atoms with van der Waals surface area (Å²) >= 11 is 0. The average molecular weight is 626 g/mol. The predicted octanol–water partition coefficient (Wildman–Crippen LogP) is 13.4. The first-order chi connectivity index (χ1) is 21.7. The highest BCUT2D eigenvalue weighted by atomic mass is 16.6. The summed E-state index contributed by atoms with van der Waals surface area (Å²) in [5.74, 6) is 5.34. The summed E-state index contributed by atoms with van der Waals surface area (Å²) in [5.41, 5.74) is 2.54. The van der Waals surface area contributed by atoms with Crippen LogP contribution in [0, 0.1) is 46.3 Å². The number of unbranched alkanes of at least 4 members (excludes halogenated alkanes) is 12. The third-order valence-corrected chi connectivity index (χ3v) is 14.0. The fourth-order valence-electron chi connectivity index (χ4n) is 11.3. The van der Waals surface area contributed by atoms with E-state index in [4.69, 9.17) is 4.74 Å². The molecule has 0 amide bonds. The van der Waals surface area contributed by atoms with Crippen LogP contribution in [0.5, 0.6) is 0 Å². The van der Waals surface area contributed by atoms with Gasteiger partial charge in [0.15, 0.2) is 0 Å². The van der Waals surface area contributed by atoms with Gasteiger partial charge in [-0.15, -0.1) is 0 Å². The molecule has 0 saturated heterocycles. The van der Waals surface area contributed by atoms with E-state index in [1.807, 2.05) is 0 Å². The Bertz CT molecular complexity index is 904. The summed E-state index contributed by atoms with van der Waals surface area (Å²) in [7, 11) is 0. The lowest BCUT2D eigenvalue weighted by atomic mass is 9.47. The van der Waals surface area contributed by atoms with E-state index in [1.54, 1.807) is 5.57 Å². The van der Waals surface area contributed by atoms with E-state index in [9.17, 15) is 4.79 Å². The molecule has 3 saturated carbocycles. The molecule has 0 radical (unpaired) electrons. The monoisotopic (exact) mass is 626 g/mol. The number of ether oxygens (including phenoxy) is 1. The second kappa shape index (κ2) is 18.1. The van der Waals surface area contributed by atoms with Crippen LogP contribution in [0.2, 0.25) is 0 Å². The maximum atomic E-state index is 12.8. The second-order valence-electron chi connectivity index (χ2n) is 17.6. The molecular weight excluding hydrogens is 549 g/mol. The number of rotatable bonds is 20. The number of carbonyl (C=O) groups excluding carboxylic acids is 1. The number of hydrogen-bond donors (Lipinski definition) is 0. The molecule has 0 spiro atoms. The number of carbonyl (C=O) groups is 1. The van der Waals surface area contributed by atoms with E-state index >= 15 is 0 Å². The fourth-order valence-corrected chi connectivity index (χ4v) is 11.3. The van der Waals surface area contributed by atoms with Crippen molar-refractivity contribution in [3.63, 3.8) is 0 Å². The minimum Gasteiger partial charge on any atom is -0.462 e. The Balaban J connectivity index is 1.14. The van der Waals surface area contributed by atoms with Crippen LogP contribution in [0.25, 0.3) is 0 Å². The van der Waals surface area contributed by atoms with Gasteiger partial charge in [-0.3, -0.25) is 4.79 Å². The van der Waals surface area contributed by atoms with Crippen LogP contribution in [0.15, 0.2) is 11.6 Å². The van der Waals surface area contributed by atoms with Gasteiger partial charge in [0.1, 0.15) is 6.10 Å². The smallest absolute Gasteiger partial charge is 0.306 e. The largest absolute Gasteiger partial charge is 0.462 e. The molecule has 4 aliphatic carbocycles. The van der Waals surface area contributed by atoms with Gasteiger partial charge in [0.25, 0.3) is 0 Å². The SMILES string of the molecule is CCCCCCCCCCCCCCC[13C](=O)O[C@H]1CC[C@@]2(C)C(=CC[C@H]3[C@@H]4CC[C@H]([C@H](C)CCCC(C)C)[C@@]4(C)CC[C@@H]32)C1. The van der Waals surface area contributed by atoms with Crippen molar-refractivity contribution in [2.45, 2.75) is 208 Å². The van der Waals surface area contributed by atoms with Crippen LogP contribution in [-0.2, 0) is 9.53 Å². The fraction of sp³-hybridized carbons (Fsp3) is 0.930. The standard InChI is InChI=1S/C43H76O2/c1-7-8-9-10-11-12-13-14-15-16-17-18-19-23-41(44)45-36-28-30-42(5)35(32-36)24-25-37-39-27-26-38(34(4)22-20-21-33(2)3)43(39,6)31-29-40(37)42/h24,33-34,36-40H,7-23,25-32H2,1-6H3/t34-,36+,37+,38-,39+,40+,42+,43-/m1/s1/i41+1.